The van der Waals surface area contributed by atoms with Crippen LogP contribution in [0, 0.1) is 11.6 Å². The number of benzene rings is 2. The Kier molecular flexibility index (Phi) is 4.25. The van der Waals surface area contributed by atoms with Crippen LogP contribution >= 0.6 is 27.5 Å². The number of nitrogen functional groups attached to an aromatic ring is 1. The Balaban J connectivity index is 2.33. The van der Waals surface area contributed by atoms with Crippen molar-refractivity contribution in [1.29, 1.82) is 0 Å². The zero-order valence-electron chi connectivity index (χ0n) is 9.88. The highest BCUT2D eigenvalue weighted by molar-refractivity contribution is 9.10. The van der Waals surface area contributed by atoms with Crippen molar-refractivity contribution in [2.45, 2.75) is 0 Å². The first kappa shape index (κ1) is 14.7. The van der Waals surface area contributed by atoms with Crippen LogP contribution in [0.25, 0.3) is 0 Å². The van der Waals surface area contributed by atoms with Crippen molar-refractivity contribution in [2.24, 2.45) is 0 Å². The Morgan fingerprint density at radius 3 is 2.70 bits per heavy atom. The van der Waals surface area contributed by atoms with Crippen molar-refractivity contribution in [3.05, 3.63) is 57.0 Å². The van der Waals surface area contributed by atoms with E-state index in [1.165, 1.54) is 18.2 Å². The van der Waals surface area contributed by atoms with Crippen LogP contribution in [0.1, 0.15) is 10.4 Å². The summed E-state index contributed by atoms with van der Waals surface area (Å²) in [7, 11) is 0. The molecule has 104 valence electrons. The van der Waals surface area contributed by atoms with E-state index in [1.54, 1.807) is 0 Å². The number of rotatable bonds is 2. The van der Waals surface area contributed by atoms with Crippen LogP contribution in [-0.4, -0.2) is 5.91 Å². The van der Waals surface area contributed by atoms with Crippen molar-refractivity contribution < 1.29 is 13.6 Å². The fraction of sp³-hybridized carbons (Fsp3) is 0. The Labute approximate surface area is 126 Å². The predicted octanol–water partition coefficient (Wildman–Crippen LogP) is 4.22. The van der Waals surface area contributed by atoms with Gasteiger partial charge in [-0.05, 0) is 40.2 Å². The summed E-state index contributed by atoms with van der Waals surface area (Å²) in [5, 5.41) is 2.24. The number of halogens is 4. The quantitative estimate of drug-likeness (QED) is 0.787. The highest BCUT2D eigenvalue weighted by atomic mass is 79.9. The van der Waals surface area contributed by atoms with Crippen LogP contribution in [-0.2, 0) is 0 Å². The van der Waals surface area contributed by atoms with Crippen molar-refractivity contribution in [2.75, 3.05) is 11.1 Å². The van der Waals surface area contributed by atoms with Crippen molar-refractivity contribution in [3.63, 3.8) is 0 Å². The fourth-order valence-electron chi connectivity index (χ4n) is 1.53. The van der Waals surface area contributed by atoms with Crippen LogP contribution in [0.15, 0.2) is 34.8 Å². The zero-order chi connectivity index (χ0) is 14.9. The molecule has 20 heavy (non-hydrogen) atoms. The molecule has 3 N–H and O–H groups in total. The van der Waals surface area contributed by atoms with Crippen LogP contribution in [0.2, 0.25) is 5.02 Å². The molecule has 0 atom stereocenters. The van der Waals surface area contributed by atoms with Gasteiger partial charge in [0.1, 0.15) is 5.82 Å². The monoisotopic (exact) mass is 360 g/mol. The third-order valence-electron chi connectivity index (χ3n) is 2.53. The van der Waals surface area contributed by atoms with Crippen molar-refractivity contribution in [3.8, 4) is 0 Å². The van der Waals surface area contributed by atoms with E-state index in [4.69, 9.17) is 17.3 Å². The molecule has 0 spiro atoms. The molecule has 0 saturated carbocycles. The molecule has 3 nitrogen and oxygen atoms in total. The van der Waals surface area contributed by atoms with E-state index in [-0.39, 0.29) is 26.4 Å². The lowest BCUT2D eigenvalue weighted by molar-refractivity contribution is 0.102. The lowest BCUT2D eigenvalue weighted by Gasteiger charge is -2.09. The molecule has 1 amide bonds. The maximum atomic E-state index is 13.7. The third-order valence-corrected chi connectivity index (χ3v) is 3.48. The van der Waals surface area contributed by atoms with Gasteiger partial charge in [-0.15, -0.1) is 0 Å². The second kappa shape index (κ2) is 5.76. The standard InChI is InChI=1S/C13H8BrClF2N2O/c14-7-5-9(16)10(18)4-6(7)13(20)19-11-3-1-2-8(15)12(11)17/h1-5H,18H2,(H,19,20). The molecule has 2 aromatic carbocycles. The van der Waals surface area contributed by atoms with Crippen LogP contribution in [0.5, 0.6) is 0 Å². The molecule has 0 aliphatic rings. The van der Waals surface area contributed by atoms with E-state index < -0.39 is 17.5 Å². The average Bonchev–Trinajstić information content (AvgIpc) is 2.39. The molecule has 0 unspecified atom stereocenters. The second-order valence-corrected chi connectivity index (χ2v) is 5.17. The summed E-state index contributed by atoms with van der Waals surface area (Å²) in [4.78, 5) is 12.0. The molecule has 7 heteroatoms. The fourth-order valence-corrected chi connectivity index (χ4v) is 2.20. The summed E-state index contributed by atoms with van der Waals surface area (Å²) < 4.78 is 27.1. The molecule has 0 saturated heterocycles. The summed E-state index contributed by atoms with van der Waals surface area (Å²) in [6.07, 6.45) is 0. The lowest BCUT2D eigenvalue weighted by atomic mass is 10.1. The van der Waals surface area contributed by atoms with E-state index in [9.17, 15) is 13.6 Å². The van der Waals surface area contributed by atoms with Gasteiger partial charge in [0.25, 0.3) is 5.91 Å². The molecule has 2 aromatic rings. The number of nitrogens with one attached hydrogen (secondary N) is 1. The van der Waals surface area contributed by atoms with Gasteiger partial charge in [0.15, 0.2) is 5.82 Å². The molecular weight excluding hydrogens is 354 g/mol. The molecule has 0 aromatic heterocycles. The Morgan fingerprint density at radius 2 is 2.00 bits per heavy atom. The van der Waals surface area contributed by atoms with Crippen molar-refractivity contribution in [1.82, 2.24) is 0 Å². The van der Waals surface area contributed by atoms with Gasteiger partial charge >= 0.3 is 0 Å². The van der Waals surface area contributed by atoms with Gasteiger partial charge < -0.3 is 11.1 Å². The maximum absolute atomic E-state index is 13.7. The number of nitrogens with two attached hydrogens (primary N) is 1. The molecule has 0 aliphatic carbocycles. The van der Waals surface area contributed by atoms with Gasteiger partial charge in [0, 0.05) is 4.47 Å². The Bertz CT molecular complexity index is 694. The van der Waals surface area contributed by atoms with Gasteiger partial charge in [-0.2, -0.15) is 0 Å². The number of carbonyl (C=O) groups excluding carboxylic acids is 1. The topological polar surface area (TPSA) is 55.1 Å². The summed E-state index contributed by atoms with van der Waals surface area (Å²) in [5.41, 5.74) is 5.24. The summed E-state index contributed by atoms with van der Waals surface area (Å²) in [6, 6.07) is 6.45. The minimum Gasteiger partial charge on any atom is -0.396 e. The zero-order valence-corrected chi connectivity index (χ0v) is 12.2. The van der Waals surface area contributed by atoms with Crippen LogP contribution < -0.4 is 11.1 Å². The molecular formula is C13H8BrClF2N2O. The second-order valence-electron chi connectivity index (χ2n) is 3.91. The first-order chi connectivity index (χ1) is 9.40. The van der Waals surface area contributed by atoms with E-state index in [1.807, 2.05) is 0 Å². The SMILES string of the molecule is Nc1cc(C(=O)Nc2cccc(Cl)c2F)c(Br)cc1F. The van der Waals surface area contributed by atoms with Crippen molar-refractivity contribution >= 4 is 44.8 Å². The Morgan fingerprint density at radius 1 is 1.30 bits per heavy atom. The molecule has 0 aliphatic heterocycles. The highest BCUT2D eigenvalue weighted by Crippen LogP contribution is 2.26. The minimum absolute atomic E-state index is 0.0719. The molecule has 0 radical (unpaired) electrons. The first-order valence-corrected chi connectivity index (χ1v) is 6.57. The minimum atomic E-state index is -0.742. The summed E-state index contributed by atoms with van der Waals surface area (Å²) >= 11 is 8.67. The van der Waals surface area contributed by atoms with E-state index in [0.717, 1.165) is 12.1 Å². The molecule has 2 rings (SSSR count). The maximum Gasteiger partial charge on any atom is 0.256 e. The van der Waals surface area contributed by atoms with E-state index in [0.29, 0.717) is 0 Å². The Hall–Kier alpha value is -1.66. The summed E-state index contributed by atoms with van der Waals surface area (Å²) in [6.45, 7) is 0. The predicted molar refractivity (Wildman–Crippen MR) is 77.9 cm³/mol. The smallest absolute Gasteiger partial charge is 0.256 e. The average molecular weight is 362 g/mol. The van der Waals surface area contributed by atoms with Gasteiger partial charge in [0.05, 0.1) is 22.0 Å². The molecule has 0 fully saturated rings. The first-order valence-electron chi connectivity index (χ1n) is 5.40. The number of carbonyl (C=O) groups is 1. The summed E-state index contributed by atoms with van der Waals surface area (Å²) in [5.74, 6) is -2.03. The number of anilines is 2. The number of hydrogen-bond acceptors (Lipinski definition) is 2. The van der Waals surface area contributed by atoms with Crippen LogP contribution in [0.4, 0.5) is 20.2 Å². The van der Waals surface area contributed by atoms with Crippen LogP contribution in [0.3, 0.4) is 0 Å². The highest BCUT2D eigenvalue weighted by Gasteiger charge is 2.16. The van der Waals surface area contributed by atoms with Gasteiger partial charge in [-0.1, -0.05) is 17.7 Å². The van der Waals surface area contributed by atoms with Gasteiger partial charge in [-0.3, -0.25) is 4.79 Å². The third kappa shape index (κ3) is 2.91. The lowest BCUT2D eigenvalue weighted by Crippen LogP contribution is -2.14. The number of hydrogen-bond donors (Lipinski definition) is 2. The van der Waals surface area contributed by atoms with Gasteiger partial charge in [0.2, 0.25) is 0 Å². The molecule has 0 heterocycles. The largest absolute Gasteiger partial charge is 0.396 e. The van der Waals surface area contributed by atoms with E-state index >= 15 is 0 Å². The number of amides is 1. The normalized spacial score (nSPS) is 10.4. The van der Waals surface area contributed by atoms with Gasteiger partial charge in [-0.25, -0.2) is 8.78 Å². The van der Waals surface area contributed by atoms with E-state index in [2.05, 4.69) is 21.2 Å². The molecule has 0 bridgehead atoms.